The molecule has 3 rings (SSSR count). The Labute approximate surface area is 127 Å². The molecule has 1 unspecified atom stereocenters. The predicted octanol–water partition coefficient (Wildman–Crippen LogP) is 3.28. The third-order valence-corrected chi connectivity index (χ3v) is 5.02. The van der Waals surface area contributed by atoms with E-state index in [0.29, 0.717) is 0 Å². The first kappa shape index (κ1) is 14.3. The summed E-state index contributed by atoms with van der Waals surface area (Å²) in [4.78, 5) is 0. The first-order chi connectivity index (χ1) is 10.2. The van der Waals surface area contributed by atoms with Gasteiger partial charge in [0.15, 0.2) is 0 Å². The zero-order chi connectivity index (χ0) is 14.7. The average Bonchev–Trinajstić information content (AvgIpc) is 3.18. The van der Waals surface area contributed by atoms with Crippen LogP contribution in [-0.2, 0) is 18.4 Å². The van der Waals surface area contributed by atoms with Crippen LogP contribution in [0, 0.1) is 0 Å². The Morgan fingerprint density at radius 2 is 1.95 bits per heavy atom. The van der Waals surface area contributed by atoms with Gasteiger partial charge in [-0.25, -0.2) is 0 Å². The smallest absolute Gasteiger partial charge is 0.0522 e. The van der Waals surface area contributed by atoms with Gasteiger partial charge in [-0.05, 0) is 37.3 Å². The van der Waals surface area contributed by atoms with Crippen LogP contribution in [0.2, 0.25) is 0 Å². The molecule has 0 bridgehead atoms. The number of benzene rings is 1. The molecule has 1 aliphatic rings. The fourth-order valence-corrected chi connectivity index (χ4v) is 3.78. The summed E-state index contributed by atoms with van der Waals surface area (Å²) in [5, 5.41) is 4.37. The summed E-state index contributed by atoms with van der Waals surface area (Å²) in [6.45, 7) is 3.03. The molecular weight excluding hydrogens is 258 g/mol. The zero-order valence-electron chi connectivity index (χ0n) is 12.8. The molecule has 0 radical (unpaired) electrons. The van der Waals surface area contributed by atoms with Crippen LogP contribution in [0.15, 0.2) is 42.7 Å². The van der Waals surface area contributed by atoms with Crippen molar-refractivity contribution in [1.82, 2.24) is 9.78 Å². The minimum Gasteiger partial charge on any atom is -0.327 e. The van der Waals surface area contributed by atoms with Crippen LogP contribution in [0.1, 0.15) is 43.7 Å². The number of aromatic nitrogens is 2. The van der Waals surface area contributed by atoms with E-state index >= 15 is 0 Å². The first-order valence-corrected chi connectivity index (χ1v) is 8.07. The van der Waals surface area contributed by atoms with Gasteiger partial charge >= 0.3 is 0 Å². The van der Waals surface area contributed by atoms with E-state index in [4.69, 9.17) is 5.73 Å². The van der Waals surface area contributed by atoms with E-state index in [1.807, 2.05) is 10.9 Å². The van der Waals surface area contributed by atoms with Crippen LogP contribution in [0.3, 0.4) is 0 Å². The molecule has 0 amide bonds. The molecule has 112 valence electrons. The monoisotopic (exact) mass is 283 g/mol. The number of nitrogens with two attached hydrogens (primary N) is 1. The largest absolute Gasteiger partial charge is 0.327 e. The van der Waals surface area contributed by atoms with Crippen molar-refractivity contribution in [3.63, 3.8) is 0 Å². The quantitative estimate of drug-likeness (QED) is 0.915. The Bertz CT molecular complexity index is 567. The van der Waals surface area contributed by atoms with E-state index in [1.54, 1.807) is 0 Å². The molecule has 1 atom stereocenters. The van der Waals surface area contributed by atoms with Crippen molar-refractivity contribution in [1.29, 1.82) is 0 Å². The number of nitrogens with zero attached hydrogens (tertiary/aromatic N) is 2. The molecule has 2 N–H and O–H groups in total. The second-order valence-corrected chi connectivity index (χ2v) is 6.24. The molecule has 1 aromatic carbocycles. The van der Waals surface area contributed by atoms with Crippen molar-refractivity contribution >= 4 is 0 Å². The number of hydrogen-bond acceptors (Lipinski definition) is 2. The van der Waals surface area contributed by atoms with Gasteiger partial charge in [0.2, 0.25) is 0 Å². The highest BCUT2D eigenvalue weighted by Gasteiger charge is 2.40. The van der Waals surface area contributed by atoms with Crippen LogP contribution in [0.25, 0.3) is 0 Å². The molecule has 0 spiro atoms. The van der Waals surface area contributed by atoms with Crippen molar-refractivity contribution in [2.75, 3.05) is 0 Å². The molecule has 21 heavy (non-hydrogen) atoms. The second kappa shape index (κ2) is 6.02. The molecule has 3 nitrogen and oxygen atoms in total. The Morgan fingerprint density at radius 3 is 2.57 bits per heavy atom. The predicted molar refractivity (Wildman–Crippen MR) is 86.2 cm³/mol. The summed E-state index contributed by atoms with van der Waals surface area (Å²) in [5.41, 5.74) is 9.51. The molecule has 1 aliphatic carbocycles. The van der Waals surface area contributed by atoms with Crippen molar-refractivity contribution < 1.29 is 0 Å². The van der Waals surface area contributed by atoms with Crippen LogP contribution in [0.5, 0.6) is 0 Å². The number of hydrogen-bond donors (Lipinski definition) is 1. The summed E-state index contributed by atoms with van der Waals surface area (Å²) < 4.78 is 1.98. The van der Waals surface area contributed by atoms with Crippen LogP contribution in [0.4, 0.5) is 0 Å². The van der Waals surface area contributed by atoms with Crippen molar-refractivity contribution in [3.05, 3.63) is 53.9 Å². The topological polar surface area (TPSA) is 43.8 Å². The van der Waals surface area contributed by atoms with Crippen molar-refractivity contribution in [3.8, 4) is 0 Å². The van der Waals surface area contributed by atoms with Crippen molar-refractivity contribution in [2.24, 2.45) is 5.73 Å². The SMILES string of the molecule is CCn1cc(CC(N)C2(c3ccccc3)CCCC2)cn1. The molecule has 1 fully saturated rings. The van der Waals surface area contributed by atoms with Gasteiger partial charge in [-0.1, -0.05) is 43.2 Å². The van der Waals surface area contributed by atoms with E-state index in [2.05, 4.69) is 48.6 Å². The lowest BCUT2D eigenvalue weighted by atomic mass is 9.71. The Kier molecular flexibility index (Phi) is 4.11. The fraction of sp³-hybridized carbons (Fsp3) is 0.500. The molecule has 1 heterocycles. The van der Waals surface area contributed by atoms with Gasteiger partial charge in [0.1, 0.15) is 0 Å². The lowest BCUT2D eigenvalue weighted by molar-refractivity contribution is 0.347. The van der Waals surface area contributed by atoms with E-state index in [1.165, 1.54) is 36.8 Å². The van der Waals surface area contributed by atoms with Gasteiger partial charge in [0.25, 0.3) is 0 Å². The summed E-state index contributed by atoms with van der Waals surface area (Å²) >= 11 is 0. The summed E-state index contributed by atoms with van der Waals surface area (Å²) in [7, 11) is 0. The van der Waals surface area contributed by atoms with Gasteiger partial charge in [0, 0.05) is 24.2 Å². The lowest BCUT2D eigenvalue weighted by Crippen LogP contribution is -2.45. The zero-order valence-corrected chi connectivity index (χ0v) is 12.8. The molecule has 0 saturated heterocycles. The molecular formula is C18H25N3. The average molecular weight is 283 g/mol. The number of aryl methyl sites for hydroxylation is 1. The molecule has 1 aromatic heterocycles. The minimum absolute atomic E-state index is 0.148. The van der Waals surface area contributed by atoms with E-state index < -0.39 is 0 Å². The Balaban J connectivity index is 1.83. The Morgan fingerprint density at radius 1 is 1.24 bits per heavy atom. The maximum Gasteiger partial charge on any atom is 0.0522 e. The van der Waals surface area contributed by atoms with E-state index in [0.717, 1.165) is 13.0 Å². The van der Waals surface area contributed by atoms with E-state index in [9.17, 15) is 0 Å². The van der Waals surface area contributed by atoms with Gasteiger partial charge in [-0.15, -0.1) is 0 Å². The molecule has 3 heteroatoms. The lowest BCUT2D eigenvalue weighted by Gasteiger charge is -2.36. The highest BCUT2D eigenvalue weighted by molar-refractivity contribution is 5.30. The third-order valence-electron chi connectivity index (χ3n) is 5.02. The first-order valence-electron chi connectivity index (χ1n) is 8.07. The summed E-state index contributed by atoms with van der Waals surface area (Å²) in [5.74, 6) is 0. The normalized spacial score (nSPS) is 18.8. The van der Waals surface area contributed by atoms with Crippen LogP contribution >= 0.6 is 0 Å². The van der Waals surface area contributed by atoms with Crippen LogP contribution < -0.4 is 5.73 Å². The highest BCUT2D eigenvalue weighted by Crippen LogP contribution is 2.43. The summed E-state index contributed by atoms with van der Waals surface area (Å²) in [6, 6.07) is 11.0. The molecule has 0 aliphatic heterocycles. The Hall–Kier alpha value is -1.61. The maximum absolute atomic E-state index is 6.69. The van der Waals surface area contributed by atoms with Crippen molar-refractivity contribution in [2.45, 2.75) is 57.0 Å². The third kappa shape index (κ3) is 2.75. The van der Waals surface area contributed by atoms with Gasteiger partial charge < -0.3 is 5.73 Å². The van der Waals surface area contributed by atoms with Crippen LogP contribution in [-0.4, -0.2) is 15.8 Å². The molecule has 1 saturated carbocycles. The summed E-state index contributed by atoms with van der Waals surface area (Å²) in [6.07, 6.45) is 10.0. The molecule has 2 aromatic rings. The minimum atomic E-state index is 0.148. The number of rotatable bonds is 5. The van der Waals surface area contributed by atoms with Gasteiger partial charge in [0.05, 0.1) is 6.20 Å². The van der Waals surface area contributed by atoms with E-state index in [-0.39, 0.29) is 11.5 Å². The van der Waals surface area contributed by atoms with Gasteiger partial charge in [-0.3, -0.25) is 4.68 Å². The highest BCUT2D eigenvalue weighted by atomic mass is 15.3. The van der Waals surface area contributed by atoms with Gasteiger partial charge in [-0.2, -0.15) is 5.10 Å². The fourth-order valence-electron chi connectivity index (χ4n) is 3.78. The maximum atomic E-state index is 6.69. The standard InChI is InChI=1S/C18H25N3/c1-2-21-14-15(13-20-21)12-17(19)18(10-6-7-11-18)16-8-4-3-5-9-16/h3-5,8-9,13-14,17H,2,6-7,10-12,19H2,1H3. The second-order valence-electron chi connectivity index (χ2n) is 6.24.